The van der Waals surface area contributed by atoms with Crippen LogP contribution in [0.3, 0.4) is 0 Å². The number of halogens is 4. The van der Waals surface area contributed by atoms with Gasteiger partial charge in [0.2, 0.25) is 0 Å². The number of rotatable bonds is 4. The van der Waals surface area contributed by atoms with E-state index in [4.69, 9.17) is 23.2 Å². The first-order valence-electron chi connectivity index (χ1n) is 5.62. The lowest BCUT2D eigenvalue weighted by molar-refractivity contribution is -0.00576. The first kappa shape index (κ1) is 15.0. The summed E-state index contributed by atoms with van der Waals surface area (Å²) in [6.45, 7) is 0. The molecule has 0 fully saturated rings. The van der Waals surface area contributed by atoms with Gasteiger partial charge in [-0.1, -0.05) is 29.3 Å². The molecule has 2 N–H and O–H groups in total. The van der Waals surface area contributed by atoms with Crippen LogP contribution in [0.2, 0.25) is 10.0 Å². The maximum atomic E-state index is 12.5. The van der Waals surface area contributed by atoms with Crippen molar-refractivity contribution in [3.63, 3.8) is 0 Å². The highest BCUT2D eigenvalue weighted by atomic mass is 35.5. The summed E-state index contributed by atoms with van der Waals surface area (Å²) in [5, 5.41) is 12.5. The van der Waals surface area contributed by atoms with E-state index >= 15 is 0 Å². The van der Waals surface area contributed by atoms with Gasteiger partial charge in [-0.25, -0.2) is 13.8 Å². The van der Waals surface area contributed by atoms with Gasteiger partial charge in [0.05, 0.1) is 15.7 Å². The molecule has 0 amide bonds. The molecular formula is C13H10Cl2F2N2O. The number of hydrogen-bond acceptors (Lipinski definition) is 3. The monoisotopic (exact) mass is 318 g/mol. The Morgan fingerprint density at radius 3 is 2.30 bits per heavy atom. The van der Waals surface area contributed by atoms with Crippen LogP contribution >= 0.6 is 23.2 Å². The Labute approximate surface area is 124 Å². The van der Waals surface area contributed by atoms with Gasteiger partial charge in [0.1, 0.15) is 11.9 Å². The first-order chi connectivity index (χ1) is 9.49. The Kier molecular flexibility index (Phi) is 4.75. The van der Waals surface area contributed by atoms with Crippen LogP contribution in [-0.2, 0) is 0 Å². The standard InChI is InChI=1S/C13H10Cl2F2N2O/c14-8-5-7(12(20)13(16)17)6-9(15)11(8)19-10-3-1-2-4-18-10/h1-6,12-13,20H,(H,18,19)/t12-/m0/s1. The summed E-state index contributed by atoms with van der Waals surface area (Å²) >= 11 is 12.0. The number of pyridine rings is 1. The fourth-order valence-corrected chi connectivity index (χ4v) is 2.19. The minimum Gasteiger partial charge on any atom is -0.382 e. The molecule has 1 aromatic heterocycles. The number of aliphatic hydroxyl groups is 1. The largest absolute Gasteiger partial charge is 0.382 e. The molecule has 2 aromatic rings. The van der Waals surface area contributed by atoms with Crippen LogP contribution in [0.15, 0.2) is 36.5 Å². The summed E-state index contributed by atoms with van der Waals surface area (Å²) in [6, 6.07) is 7.71. The number of nitrogens with one attached hydrogen (secondary N) is 1. The van der Waals surface area contributed by atoms with E-state index in [2.05, 4.69) is 10.3 Å². The van der Waals surface area contributed by atoms with Gasteiger partial charge in [-0.05, 0) is 29.8 Å². The van der Waals surface area contributed by atoms with E-state index in [1.807, 2.05) is 0 Å². The predicted octanol–water partition coefficient (Wildman–Crippen LogP) is 4.43. The molecule has 0 radical (unpaired) electrons. The van der Waals surface area contributed by atoms with Crippen LogP contribution in [0.1, 0.15) is 11.7 Å². The Bertz CT molecular complexity index is 573. The number of benzene rings is 1. The number of hydrogen-bond donors (Lipinski definition) is 2. The molecule has 0 bridgehead atoms. The Balaban J connectivity index is 2.32. The van der Waals surface area contributed by atoms with Gasteiger partial charge in [-0.15, -0.1) is 0 Å². The molecule has 0 aliphatic rings. The van der Waals surface area contributed by atoms with E-state index in [-0.39, 0.29) is 15.6 Å². The summed E-state index contributed by atoms with van der Waals surface area (Å²) in [5.41, 5.74) is 0.304. The molecule has 7 heteroatoms. The fraction of sp³-hybridized carbons (Fsp3) is 0.154. The third-order valence-electron chi connectivity index (χ3n) is 2.56. The van der Waals surface area contributed by atoms with Gasteiger partial charge in [-0.3, -0.25) is 0 Å². The van der Waals surface area contributed by atoms with Gasteiger partial charge in [-0.2, -0.15) is 0 Å². The fourth-order valence-electron chi connectivity index (χ4n) is 1.59. The van der Waals surface area contributed by atoms with Crippen molar-refractivity contribution in [2.75, 3.05) is 5.32 Å². The summed E-state index contributed by atoms with van der Waals surface area (Å²) in [7, 11) is 0. The summed E-state index contributed by atoms with van der Waals surface area (Å²) in [5.74, 6) is 0.512. The highest BCUT2D eigenvalue weighted by Gasteiger charge is 2.21. The average Bonchev–Trinajstić information content (AvgIpc) is 2.42. The van der Waals surface area contributed by atoms with Crippen molar-refractivity contribution in [3.05, 3.63) is 52.1 Å². The summed E-state index contributed by atoms with van der Waals surface area (Å²) < 4.78 is 24.9. The summed E-state index contributed by atoms with van der Waals surface area (Å²) in [6.07, 6.45) is -3.25. The normalized spacial score (nSPS) is 12.5. The topological polar surface area (TPSA) is 45.1 Å². The number of aromatic nitrogens is 1. The number of alkyl halides is 2. The molecule has 0 aliphatic heterocycles. The zero-order valence-corrected chi connectivity index (χ0v) is 11.5. The third kappa shape index (κ3) is 3.36. The van der Waals surface area contributed by atoms with Gasteiger partial charge in [0, 0.05) is 6.20 Å². The van der Waals surface area contributed by atoms with E-state index in [0.717, 1.165) is 0 Å². The Morgan fingerprint density at radius 1 is 1.15 bits per heavy atom. The Morgan fingerprint density at radius 2 is 1.80 bits per heavy atom. The first-order valence-corrected chi connectivity index (χ1v) is 6.38. The molecule has 0 unspecified atom stereocenters. The van der Waals surface area contributed by atoms with Crippen molar-refractivity contribution in [2.45, 2.75) is 12.5 Å². The van der Waals surface area contributed by atoms with Gasteiger partial charge in [0.15, 0.2) is 0 Å². The average molecular weight is 319 g/mol. The second kappa shape index (κ2) is 6.35. The van der Waals surface area contributed by atoms with Crippen LogP contribution in [0, 0.1) is 0 Å². The smallest absolute Gasteiger partial charge is 0.268 e. The molecule has 0 saturated carbocycles. The second-order valence-electron chi connectivity index (χ2n) is 3.98. The lowest BCUT2D eigenvalue weighted by atomic mass is 10.1. The molecule has 0 aliphatic carbocycles. The van der Waals surface area contributed by atoms with Crippen molar-refractivity contribution in [1.29, 1.82) is 0 Å². The van der Waals surface area contributed by atoms with Gasteiger partial charge >= 0.3 is 0 Å². The molecule has 1 atom stereocenters. The molecular weight excluding hydrogens is 309 g/mol. The minimum atomic E-state index is -2.91. The molecule has 20 heavy (non-hydrogen) atoms. The molecule has 1 aromatic carbocycles. The van der Waals surface area contributed by atoms with Crippen LogP contribution in [0.25, 0.3) is 0 Å². The lowest BCUT2D eigenvalue weighted by Crippen LogP contribution is -2.08. The molecule has 0 spiro atoms. The highest BCUT2D eigenvalue weighted by molar-refractivity contribution is 6.39. The van der Waals surface area contributed by atoms with Crippen LogP contribution in [-0.4, -0.2) is 16.5 Å². The van der Waals surface area contributed by atoms with Crippen molar-refractivity contribution in [2.24, 2.45) is 0 Å². The van der Waals surface area contributed by atoms with E-state index in [1.54, 1.807) is 24.4 Å². The molecule has 1 heterocycles. The number of aliphatic hydroxyl groups excluding tert-OH is 1. The maximum Gasteiger partial charge on any atom is 0.268 e. The lowest BCUT2D eigenvalue weighted by Gasteiger charge is -2.14. The quantitative estimate of drug-likeness (QED) is 0.876. The zero-order chi connectivity index (χ0) is 14.7. The summed E-state index contributed by atoms with van der Waals surface area (Å²) in [4.78, 5) is 4.04. The van der Waals surface area contributed by atoms with E-state index in [0.29, 0.717) is 11.5 Å². The number of anilines is 2. The number of nitrogens with zero attached hydrogens (tertiary/aromatic N) is 1. The predicted molar refractivity (Wildman–Crippen MR) is 74.9 cm³/mol. The SMILES string of the molecule is O[C@@H](c1cc(Cl)c(Nc2ccccn2)c(Cl)c1)C(F)F. The molecule has 2 rings (SSSR count). The maximum absolute atomic E-state index is 12.5. The van der Waals surface area contributed by atoms with E-state index in [9.17, 15) is 13.9 Å². The zero-order valence-electron chi connectivity index (χ0n) is 10.0. The molecule has 3 nitrogen and oxygen atoms in total. The van der Waals surface area contributed by atoms with Crippen molar-refractivity contribution < 1.29 is 13.9 Å². The Hall–Kier alpha value is -1.43. The second-order valence-corrected chi connectivity index (χ2v) is 4.79. The van der Waals surface area contributed by atoms with Crippen molar-refractivity contribution in [3.8, 4) is 0 Å². The molecule has 0 saturated heterocycles. The van der Waals surface area contributed by atoms with Gasteiger partial charge < -0.3 is 10.4 Å². The van der Waals surface area contributed by atoms with Crippen LogP contribution in [0.5, 0.6) is 0 Å². The van der Waals surface area contributed by atoms with E-state index < -0.39 is 12.5 Å². The van der Waals surface area contributed by atoms with Crippen molar-refractivity contribution in [1.82, 2.24) is 4.98 Å². The van der Waals surface area contributed by atoms with E-state index in [1.165, 1.54) is 12.1 Å². The minimum absolute atomic E-state index is 0.0402. The third-order valence-corrected chi connectivity index (χ3v) is 3.16. The van der Waals surface area contributed by atoms with Crippen molar-refractivity contribution >= 4 is 34.7 Å². The highest BCUT2D eigenvalue weighted by Crippen LogP contribution is 2.36. The van der Waals surface area contributed by atoms with Crippen LogP contribution < -0.4 is 5.32 Å². The molecule has 106 valence electrons. The van der Waals surface area contributed by atoms with Crippen LogP contribution in [0.4, 0.5) is 20.3 Å². The van der Waals surface area contributed by atoms with Gasteiger partial charge in [0.25, 0.3) is 6.43 Å².